The van der Waals surface area contributed by atoms with Gasteiger partial charge in [0, 0.05) is 6.54 Å². The number of carbonyl (C=O) groups excluding carboxylic acids is 1. The molecule has 0 radical (unpaired) electrons. The number of likely N-dealkylation sites (N-methyl/N-ethyl adjacent to an activating group) is 1. The van der Waals surface area contributed by atoms with E-state index in [0.717, 1.165) is 0 Å². The van der Waals surface area contributed by atoms with E-state index in [0.29, 0.717) is 17.9 Å². The fraction of sp³-hybridized carbons (Fsp3) is 0.333. The minimum Gasteiger partial charge on any atom is -0.478 e. The van der Waals surface area contributed by atoms with Gasteiger partial charge in [-0.05, 0) is 32.0 Å². The van der Waals surface area contributed by atoms with Crippen LogP contribution in [0.2, 0.25) is 0 Å². The van der Waals surface area contributed by atoms with Crippen LogP contribution in [-0.4, -0.2) is 29.6 Å². The fourth-order valence-electron chi connectivity index (χ4n) is 1.44. The number of aromatic carboxylic acids is 1. The summed E-state index contributed by atoms with van der Waals surface area (Å²) in [7, 11) is 0. The molecule has 0 spiro atoms. The lowest BCUT2D eigenvalue weighted by atomic mass is 10.1. The highest BCUT2D eigenvalue weighted by Crippen LogP contribution is 2.20. The van der Waals surface area contributed by atoms with Gasteiger partial charge in [-0.15, -0.1) is 0 Å². The van der Waals surface area contributed by atoms with Gasteiger partial charge >= 0.3 is 5.97 Å². The van der Waals surface area contributed by atoms with E-state index < -0.39 is 12.0 Å². The van der Waals surface area contributed by atoms with Gasteiger partial charge in [-0.25, -0.2) is 4.79 Å². The summed E-state index contributed by atoms with van der Waals surface area (Å²) in [5.74, 6) is -1.21. The third-order valence-corrected chi connectivity index (χ3v) is 2.42. The molecule has 1 unspecified atom stereocenters. The maximum Gasteiger partial charge on any atom is 0.335 e. The number of nitrogens with one attached hydrogen (secondary N) is 2. The van der Waals surface area contributed by atoms with Gasteiger partial charge in [-0.1, -0.05) is 0 Å². The van der Waals surface area contributed by atoms with E-state index in [9.17, 15) is 9.59 Å². The molecule has 0 aliphatic heterocycles. The fourth-order valence-corrected chi connectivity index (χ4v) is 1.44. The van der Waals surface area contributed by atoms with Crippen molar-refractivity contribution < 1.29 is 14.7 Å². The van der Waals surface area contributed by atoms with E-state index in [1.807, 2.05) is 6.92 Å². The summed E-state index contributed by atoms with van der Waals surface area (Å²) in [5, 5.41) is 14.4. The van der Waals surface area contributed by atoms with Crippen LogP contribution >= 0.6 is 0 Å². The molecule has 0 bridgehead atoms. The number of benzene rings is 1. The van der Waals surface area contributed by atoms with Gasteiger partial charge in [0.25, 0.3) is 0 Å². The predicted molar refractivity (Wildman–Crippen MR) is 69.6 cm³/mol. The van der Waals surface area contributed by atoms with Crippen LogP contribution in [0.25, 0.3) is 0 Å². The van der Waals surface area contributed by atoms with Crippen molar-refractivity contribution in [3.05, 3.63) is 23.8 Å². The van der Waals surface area contributed by atoms with Crippen molar-refractivity contribution in [1.29, 1.82) is 0 Å². The summed E-state index contributed by atoms with van der Waals surface area (Å²) in [6, 6.07) is 3.83. The zero-order valence-corrected chi connectivity index (χ0v) is 10.4. The second-order valence-electron chi connectivity index (χ2n) is 3.87. The monoisotopic (exact) mass is 251 g/mol. The number of carbonyl (C=O) groups is 2. The Balaban J connectivity index is 2.86. The highest BCUT2D eigenvalue weighted by Gasteiger charge is 2.14. The van der Waals surface area contributed by atoms with Crippen molar-refractivity contribution in [2.75, 3.05) is 17.6 Å². The molecule has 0 aliphatic rings. The Labute approximate surface area is 105 Å². The highest BCUT2D eigenvalue weighted by atomic mass is 16.4. The minimum absolute atomic E-state index is 0.120. The van der Waals surface area contributed by atoms with Crippen LogP contribution in [0.3, 0.4) is 0 Å². The third-order valence-electron chi connectivity index (χ3n) is 2.42. The van der Waals surface area contributed by atoms with E-state index in [4.69, 9.17) is 10.8 Å². The molecule has 1 aromatic carbocycles. The number of carboxylic acids is 1. The average Bonchev–Trinajstić information content (AvgIpc) is 2.31. The number of anilines is 2. The molecule has 98 valence electrons. The second kappa shape index (κ2) is 5.90. The van der Waals surface area contributed by atoms with Crippen molar-refractivity contribution in [2.45, 2.75) is 19.9 Å². The summed E-state index contributed by atoms with van der Waals surface area (Å²) in [6.07, 6.45) is 0. The Morgan fingerprint density at radius 2 is 2.11 bits per heavy atom. The van der Waals surface area contributed by atoms with Gasteiger partial charge in [0.05, 0.1) is 16.9 Å². The molecule has 0 saturated carbocycles. The molecule has 0 aliphatic carbocycles. The predicted octanol–water partition coefficient (Wildman–Crippen LogP) is 0.903. The Bertz CT molecular complexity index is 460. The first kappa shape index (κ1) is 13.8. The van der Waals surface area contributed by atoms with Gasteiger partial charge in [0.15, 0.2) is 0 Å². The molecule has 18 heavy (non-hydrogen) atoms. The number of hydrogen-bond acceptors (Lipinski definition) is 4. The average molecular weight is 251 g/mol. The lowest BCUT2D eigenvalue weighted by Gasteiger charge is -2.16. The van der Waals surface area contributed by atoms with Crippen molar-refractivity contribution in [3.63, 3.8) is 0 Å². The Kier molecular flexibility index (Phi) is 4.53. The summed E-state index contributed by atoms with van der Waals surface area (Å²) < 4.78 is 0. The largest absolute Gasteiger partial charge is 0.478 e. The minimum atomic E-state index is -1.04. The SMILES string of the molecule is CCNC(=O)C(C)Nc1cc(C(=O)O)ccc1N. The van der Waals surface area contributed by atoms with Gasteiger partial charge < -0.3 is 21.5 Å². The quantitative estimate of drug-likeness (QED) is 0.582. The molecule has 1 amide bonds. The van der Waals surface area contributed by atoms with Crippen LogP contribution in [0.15, 0.2) is 18.2 Å². The van der Waals surface area contributed by atoms with Crippen molar-refractivity contribution in [2.24, 2.45) is 0 Å². The smallest absolute Gasteiger partial charge is 0.335 e. The van der Waals surface area contributed by atoms with Gasteiger partial charge in [0.1, 0.15) is 6.04 Å². The van der Waals surface area contributed by atoms with E-state index in [-0.39, 0.29) is 11.5 Å². The number of hydrogen-bond donors (Lipinski definition) is 4. The molecule has 1 atom stereocenters. The molecule has 0 saturated heterocycles. The van der Waals surface area contributed by atoms with Crippen LogP contribution in [0.4, 0.5) is 11.4 Å². The number of nitrogen functional groups attached to an aromatic ring is 1. The molecule has 0 aromatic heterocycles. The molecule has 1 rings (SSSR count). The Hall–Kier alpha value is -2.24. The van der Waals surface area contributed by atoms with E-state index in [1.165, 1.54) is 18.2 Å². The summed E-state index contributed by atoms with van der Waals surface area (Å²) in [5.41, 5.74) is 6.68. The molecule has 5 N–H and O–H groups in total. The van der Waals surface area contributed by atoms with E-state index in [2.05, 4.69) is 10.6 Å². The van der Waals surface area contributed by atoms with Crippen molar-refractivity contribution in [1.82, 2.24) is 5.32 Å². The molecule has 1 aromatic rings. The first-order chi connectivity index (χ1) is 8.45. The van der Waals surface area contributed by atoms with Crippen LogP contribution in [0.5, 0.6) is 0 Å². The van der Waals surface area contributed by atoms with Gasteiger partial charge in [-0.2, -0.15) is 0 Å². The second-order valence-corrected chi connectivity index (χ2v) is 3.87. The molecule has 0 heterocycles. The first-order valence-corrected chi connectivity index (χ1v) is 5.62. The lowest BCUT2D eigenvalue weighted by Crippen LogP contribution is -2.37. The summed E-state index contributed by atoms with van der Waals surface area (Å²) >= 11 is 0. The van der Waals surface area contributed by atoms with E-state index in [1.54, 1.807) is 6.92 Å². The normalized spacial score (nSPS) is 11.7. The van der Waals surface area contributed by atoms with Crippen LogP contribution in [-0.2, 0) is 4.79 Å². The van der Waals surface area contributed by atoms with Crippen LogP contribution in [0, 0.1) is 0 Å². The first-order valence-electron chi connectivity index (χ1n) is 5.62. The number of carboxylic acid groups (broad SMARTS) is 1. The highest BCUT2D eigenvalue weighted by molar-refractivity contribution is 5.91. The lowest BCUT2D eigenvalue weighted by molar-refractivity contribution is -0.121. The maximum absolute atomic E-state index is 11.5. The molecular formula is C12H17N3O3. The maximum atomic E-state index is 11.5. The number of amides is 1. The van der Waals surface area contributed by atoms with E-state index >= 15 is 0 Å². The number of rotatable bonds is 5. The number of nitrogens with two attached hydrogens (primary N) is 1. The Morgan fingerprint density at radius 3 is 2.67 bits per heavy atom. The van der Waals surface area contributed by atoms with Crippen molar-refractivity contribution in [3.8, 4) is 0 Å². The topological polar surface area (TPSA) is 104 Å². The standard InChI is InChI=1S/C12H17N3O3/c1-3-14-11(16)7(2)15-10-6-8(12(17)18)4-5-9(10)13/h4-7,15H,3,13H2,1-2H3,(H,14,16)(H,17,18). The van der Waals surface area contributed by atoms with Gasteiger partial charge in [-0.3, -0.25) is 4.79 Å². The molecular weight excluding hydrogens is 234 g/mol. The molecule has 0 fully saturated rings. The Morgan fingerprint density at radius 1 is 1.44 bits per heavy atom. The summed E-state index contributed by atoms with van der Waals surface area (Å²) in [6.45, 7) is 4.04. The molecule has 6 nitrogen and oxygen atoms in total. The van der Waals surface area contributed by atoms with Gasteiger partial charge in [0.2, 0.25) is 5.91 Å². The third kappa shape index (κ3) is 3.38. The zero-order chi connectivity index (χ0) is 13.7. The summed E-state index contributed by atoms with van der Waals surface area (Å²) in [4.78, 5) is 22.4. The van der Waals surface area contributed by atoms with Crippen molar-refractivity contribution >= 4 is 23.3 Å². The molecule has 6 heteroatoms. The van der Waals surface area contributed by atoms with Crippen LogP contribution in [0.1, 0.15) is 24.2 Å². The zero-order valence-electron chi connectivity index (χ0n) is 10.4. The van der Waals surface area contributed by atoms with Crippen LogP contribution < -0.4 is 16.4 Å².